The van der Waals surface area contributed by atoms with Crippen LogP contribution in [0.1, 0.15) is 24.0 Å². The van der Waals surface area contributed by atoms with Gasteiger partial charge >= 0.3 is 0 Å². The Morgan fingerprint density at radius 2 is 1.79 bits per heavy atom. The maximum Gasteiger partial charge on any atom is 0.265 e. The van der Waals surface area contributed by atoms with Crippen molar-refractivity contribution in [1.82, 2.24) is 0 Å². The van der Waals surface area contributed by atoms with Gasteiger partial charge in [-0.25, -0.2) is 8.42 Å². The number of benzene rings is 3. The number of nitrogens with one attached hydrogen (secondary N) is 1. The summed E-state index contributed by atoms with van der Waals surface area (Å²) >= 11 is 0. The monoisotopic (exact) mass is 394 g/mol. The lowest BCUT2D eigenvalue weighted by atomic mass is 10.1. The van der Waals surface area contributed by atoms with Gasteiger partial charge < -0.3 is 5.32 Å². The highest BCUT2D eigenvalue weighted by Crippen LogP contribution is 2.41. The van der Waals surface area contributed by atoms with Crippen LogP contribution in [0.15, 0.2) is 59.5 Å². The molecule has 0 radical (unpaired) electrons. The van der Waals surface area contributed by atoms with Gasteiger partial charge in [0.1, 0.15) is 0 Å². The van der Waals surface area contributed by atoms with Gasteiger partial charge in [-0.05, 0) is 49.4 Å². The Balaban J connectivity index is 1.46. The molecule has 0 saturated carbocycles. The smallest absolute Gasteiger partial charge is 0.265 e. The van der Waals surface area contributed by atoms with Crippen LogP contribution < -0.4 is 9.62 Å². The van der Waals surface area contributed by atoms with E-state index in [1.54, 1.807) is 12.1 Å². The molecule has 0 saturated heterocycles. The molecule has 144 valence electrons. The zero-order chi connectivity index (χ0) is 19.9. The third kappa shape index (κ3) is 3.14. The van der Waals surface area contributed by atoms with Crippen LogP contribution in [0.25, 0.3) is 10.8 Å². The number of carbonyl (C=O) groups is 1. The maximum absolute atomic E-state index is 12.9. The summed E-state index contributed by atoms with van der Waals surface area (Å²) in [4.78, 5) is 12.7. The lowest BCUT2D eigenvalue weighted by Crippen LogP contribution is -2.29. The Morgan fingerprint density at radius 3 is 2.54 bits per heavy atom. The lowest BCUT2D eigenvalue weighted by Gasteiger charge is -2.18. The molecule has 0 spiro atoms. The van der Waals surface area contributed by atoms with Crippen LogP contribution in [0, 0.1) is 13.8 Å². The van der Waals surface area contributed by atoms with E-state index >= 15 is 0 Å². The predicted molar refractivity (Wildman–Crippen MR) is 112 cm³/mol. The standard InChI is InChI=1S/C22H22N2O3S/c1-15-11-12-18(16(2)14-15)23-21(25)10-5-13-24-19-8-3-6-17-7-4-9-20(22(17)19)28(24,26)27/h3-4,6-9,11-12,14H,5,10,13H2,1-2H3,(H,23,25). The van der Waals surface area contributed by atoms with E-state index in [1.165, 1.54) is 4.31 Å². The Labute approximate surface area is 165 Å². The number of nitrogens with zero attached hydrogens (tertiary/aromatic N) is 1. The molecule has 1 heterocycles. The number of hydrogen-bond donors (Lipinski definition) is 1. The fourth-order valence-corrected chi connectivity index (χ4v) is 5.50. The minimum atomic E-state index is -3.57. The molecule has 1 aliphatic heterocycles. The minimum absolute atomic E-state index is 0.112. The Morgan fingerprint density at radius 1 is 1.04 bits per heavy atom. The molecular weight excluding hydrogens is 372 g/mol. The van der Waals surface area contributed by atoms with E-state index in [9.17, 15) is 13.2 Å². The fraction of sp³-hybridized carbons (Fsp3) is 0.227. The highest BCUT2D eigenvalue weighted by atomic mass is 32.2. The molecule has 0 bridgehead atoms. The van der Waals surface area contributed by atoms with Gasteiger partial charge in [-0.3, -0.25) is 9.10 Å². The molecule has 4 rings (SSSR count). The van der Waals surface area contributed by atoms with Crippen molar-refractivity contribution < 1.29 is 13.2 Å². The summed E-state index contributed by atoms with van der Waals surface area (Å²) in [5, 5.41) is 4.59. The summed E-state index contributed by atoms with van der Waals surface area (Å²) in [6, 6.07) is 16.8. The first-order valence-electron chi connectivity index (χ1n) is 9.29. The van der Waals surface area contributed by atoms with Gasteiger partial charge in [-0.15, -0.1) is 0 Å². The van der Waals surface area contributed by atoms with Crippen molar-refractivity contribution in [1.29, 1.82) is 0 Å². The molecule has 6 heteroatoms. The van der Waals surface area contributed by atoms with E-state index in [0.717, 1.165) is 27.6 Å². The van der Waals surface area contributed by atoms with Gasteiger partial charge in [-0.2, -0.15) is 0 Å². The molecule has 0 aliphatic carbocycles. The van der Waals surface area contributed by atoms with E-state index in [1.807, 2.05) is 56.3 Å². The Hall–Kier alpha value is -2.86. The van der Waals surface area contributed by atoms with Crippen LogP contribution in [0.2, 0.25) is 0 Å². The van der Waals surface area contributed by atoms with Gasteiger partial charge in [-0.1, -0.05) is 42.0 Å². The highest BCUT2D eigenvalue weighted by molar-refractivity contribution is 7.93. The second-order valence-electron chi connectivity index (χ2n) is 7.18. The zero-order valence-corrected chi connectivity index (χ0v) is 16.7. The van der Waals surface area contributed by atoms with Gasteiger partial charge in [0, 0.05) is 24.0 Å². The van der Waals surface area contributed by atoms with Gasteiger partial charge in [0.2, 0.25) is 5.91 Å². The first-order chi connectivity index (χ1) is 13.4. The molecule has 1 N–H and O–H groups in total. The van der Waals surface area contributed by atoms with Crippen LogP contribution in [0.5, 0.6) is 0 Å². The zero-order valence-electron chi connectivity index (χ0n) is 15.9. The fourth-order valence-electron chi connectivity index (χ4n) is 3.75. The topological polar surface area (TPSA) is 66.5 Å². The number of hydrogen-bond acceptors (Lipinski definition) is 3. The predicted octanol–water partition coefficient (Wildman–Crippen LogP) is 4.38. The minimum Gasteiger partial charge on any atom is -0.326 e. The van der Waals surface area contributed by atoms with Crippen molar-refractivity contribution >= 4 is 38.1 Å². The van der Waals surface area contributed by atoms with Crippen molar-refractivity contribution in [3.05, 3.63) is 65.7 Å². The number of sulfonamides is 1. The van der Waals surface area contributed by atoms with E-state index in [0.29, 0.717) is 17.0 Å². The summed E-state index contributed by atoms with van der Waals surface area (Å²) < 4.78 is 27.3. The summed E-state index contributed by atoms with van der Waals surface area (Å²) in [5.41, 5.74) is 3.64. The Kier molecular flexibility index (Phi) is 4.59. The summed E-state index contributed by atoms with van der Waals surface area (Å²) in [6.45, 7) is 4.24. The first-order valence-corrected chi connectivity index (χ1v) is 10.7. The van der Waals surface area contributed by atoms with Gasteiger partial charge in [0.25, 0.3) is 10.0 Å². The number of aryl methyl sites for hydroxylation is 2. The van der Waals surface area contributed by atoms with Crippen molar-refractivity contribution in [2.75, 3.05) is 16.2 Å². The van der Waals surface area contributed by atoms with Gasteiger partial charge in [0.15, 0.2) is 0 Å². The second-order valence-corrected chi connectivity index (χ2v) is 9.01. The largest absolute Gasteiger partial charge is 0.326 e. The van der Waals surface area contributed by atoms with Crippen molar-refractivity contribution in [3.8, 4) is 0 Å². The molecule has 0 atom stereocenters. The molecule has 3 aromatic rings. The second kappa shape index (κ2) is 6.95. The van der Waals surface area contributed by atoms with Crippen LogP contribution in [-0.4, -0.2) is 20.9 Å². The third-order valence-corrected chi connectivity index (χ3v) is 6.96. The third-order valence-electron chi connectivity index (χ3n) is 5.10. The van der Waals surface area contributed by atoms with Crippen molar-refractivity contribution in [3.63, 3.8) is 0 Å². The van der Waals surface area contributed by atoms with Crippen molar-refractivity contribution in [2.45, 2.75) is 31.6 Å². The highest BCUT2D eigenvalue weighted by Gasteiger charge is 2.34. The molecule has 5 nitrogen and oxygen atoms in total. The maximum atomic E-state index is 12.9. The van der Waals surface area contributed by atoms with Crippen LogP contribution in [0.3, 0.4) is 0 Å². The quantitative estimate of drug-likeness (QED) is 0.698. The van der Waals surface area contributed by atoms with Crippen LogP contribution in [0.4, 0.5) is 11.4 Å². The molecule has 3 aromatic carbocycles. The Bertz CT molecular complexity index is 1180. The molecule has 0 aromatic heterocycles. The SMILES string of the molecule is Cc1ccc(NC(=O)CCCN2c3cccc4cccc(c34)S2(=O)=O)c(C)c1. The molecule has 28 heavy (non-hydrogen) atoms. The van der Waals surface area contributed by atoms with Crippen LogP contribution >= 0.6 is 0 Å². The van der Waals surface area contributed by atoms with E-state index in [2.05, 4.69) is 5.32 Å². The molecular formula is C22H22N2O3S. The van der Waals surface area contributed by atoms with Gasteiger partial charge in [0.05, 0.1) is 10.6 Å². The molecule has 0 fully saturated rings. The summed E-state index contributed by atoms with van der Waals surface area (Å²) in [6.07, 6.45) is 0.700. The number of anilines is 2. The normalized spacial score (nSPS) is 14.4. The average Bonchev–Trinajstić information content (AvgIpc) is 2.87. The summed E-state index contributed by atoms with van der Waals surface area (Å²) in [5.74, 6) is -0.112. The number of carbonyl (C=O) groups excluding carboxylic acids is 1. The first kappa shape index (κ1) is 18.5. The van der Waals surface area contributed by atoms with Crippen LogP contribution in [-0.2, 0) is 14.8 Å². The lowest BCUT2D eigenvalue weighted by molar-refractivity contribution is -0.116. The summed E-state index contributed by atoms with van der Waals surface area (Å²) in [7, 11) is -3.57. The average molecular weight is 394 g/mol. The van der Waals surface area contributed by atoms with E-state index in [-0.39, 0.29) is 18.9 Å². The van der Waals surface area contributed by atoms with Crippen molar-refractivity contribution in [2.24, 2.45) is 0 Å². The number of amides is 1. The van der Waals surface area contributed by atoms with E-state index in [4.69, 9.17) is 0 Å². The van der Waals surface area contributed by atoms with E-state index < -0.39 is 10.0 Å². The molecule has 0 unspecified atom stereocenters. The molecule has 1 aliphatic rings. The molecule has 1 amide bonds. The number of rotatable bonds is 5.